The first kappa shape index (κ1) is 23.1. The lowest BCUT2D eigenvalue weighted by molar-refractivity contribution is 0.409. The van der Waals surface area contributed by atoms with E-state index in [4.69, 9.17) is 10.5 Å². The molecule has 0 unspecified atom stereocenters. The molecule has 3 rings (SSSR count). The summed E-state index contributed by atoms with van der Waals surface area (Å²) in [6.45, 7) is 4.48. The number of benzene rings is 2. The van der Waals surface area contributed by atoms with Crippen LogP contribution in [0.25, 0.3) is 10.9 Å². The smallest absolute Gasteiger partial charge is 0.138 e. The number of halogens is 1. The van der Waals surface area contributed by atoms with Gasteiger partial charge in [0, 0.05) is 16.3 Å². The Kier molecular flexibility index (Phi) is 8.27. The molecule has 3 N–H and O–H groups in total. The Labute approximate surface area is 192 Å². The number of anilines is 1. The second-order valence-corrected chi connectivity index (χ2v) is 8.40. The van der Waals surface area contributed by atoms with Gasteiger partial charge in [-0.05, 0) is 68.5 Å². The number of hydrogen-bond acceptors (Lipinski definition) is 5. The predicted octanol–water partition coefficient (Wildman–Crippen LogP) is 5.56. The summed E-state index contributed by atoms with van der Waals surface area (Å²) in [7, 11) is 1.71. The van der Waals surface area contributed by atoms with Crippen molar-refractivity contribution in [2.75, 3.05) is 19.0 Å². The van der Waals surface area contributed by atoms with Crippen molar-refractivity contribution >= 4 is 32.7 Å². The minimum atomic E-state index is 0.0929. The van der Waals surface area contributed by atoms with Crippen LogP contribution in [0.1, 0.15) is 49.2 Å². The second kappa shape index (κ2) is 11.1. The molecule has 0 aliphatic heterocycles. The highest BCUT2D eigenvalue weighted by Gasteiger charge is 2.14. The molecule has 0 saturated carbocycles. The van der Waals surface area contributed by atoms with Crippen molar-refractivity contribution in [1.29, 1.82) is 0 Å². The lowest BCUT2D eigenvalue weighted by Crippen LogP contribution is -2.10. The van der Waals surface area contributed by atoms with Gasteiger partial charge < -0.3 is 15.8 Å². The van der Waals surface area contributed by atoms with E-state index in [1.54, 1.807) is 7.11 Å². The van der Waals surface area contributed by atoms with Crippen LogP contribution in [0.3, 0.4) is 0 Å². The van der Waals surface area contributed by atoms with E-state index in [-0.39, 0.29) is 6.04 Å². The third kappa shape index (κ3) is 6.19. The summed E-state index contributed by atoms with van der Waals surface area (Å²) in [6, 6.07) is 12.6. The lowest BCUT2D eigenvalue weighted by Gasteiger charge is -2.18. The van der Waals surface area contributed by atoms with Crippen LogP contribution in [0.5, 0.6) is 5.75 Å². The van der Waals surface area contributed by atoms with Gasteiger partial charge in [0.25, 0.3) is 0 Å². The number of nitrogens with two attached hydrogens (primary N) is 1. The summed E-state index contributed by atoms with van der Waals surface area (Å²) in [5, 5.41) is 4.52. The zero-order chi connectivity index (χ0) is 22.2. The van der Waals surface area contributed by atoms with Crippen molar-refractivity contribution < 1.29 is 4.74 Å². The molecule has 0 saturated heterocycles. The maximum atomic E-state index is 5.71. The Morgan fingerprint density at radius 1 is 1.16 bits per heavy atom. The van der Waals surface area contributed by atoms with Gasteiger partial charge in [0.2, 0.25) is 0 Å². The number of hydrogen-bond donors (Lipinski definition) is 2. The van der Waals surface area contributed by atoms with Gasteiger partial charge in [-0.25, -0.2) is 9.97 Å². The summed E-state index contributed by atoms with van der Waals surface area (Å²) in [5.74, 6) is 8.43. The van der Waals surface area contributed by atoms with E-state index in [0.717, 1.165) is 64.0 Å². The Morgan fingerprint density at radius 2 is 2.00 bits per heavy atom. The molecule has 2 aromatic carbocycles. The zero-order valence-corrected chi connectivity index (χ0v) is 19.9. The van der Waals surface area contributed by atoms with Crippen LogP contribution in [0.4, 0.5) is 5.82 Å². The molecule has 0 aliphatic rings. The summed E-state index contributed by atoms with van der Waals surface area (Å²) < 4.78 is 6.76. The van der Waals surface area contributed by atoms with E-state index in [2.05, 4.69) is 68.2 Å². The van der Waals surface area contributed by atoms with Crippen molar-refractivity contribution in [3.8, 4) is 17.6 Å². The molecule has 1 heterocycles. The highest BCUT2D eigenvalue weighted by atomic mass is 79.9. The molecule has 0 spiro atoms. The quantitative estimate of drug-likeness (QED) is 0.326. The first-order valence-corrected chi connectivity index (χ1v) is 11.3. The van der Waals surface area contributed by atoms with Crippen LogP contribution < -0.4 is 15.8 Å². The molecule has 3 aromatic rings. The minimum Gasteiger partial charge on any atom is -0.496 e. The molecule has 0 amide bonds. The van der Waals surface area contributed by atoms with Crippen LogP contribution in [0.15, 0.2) is 40.9 Å². The van der Waals surface area contributed by atoms with Gasteiger partial charge in [-0.2, -0.15) is 0 Å². The van der Waals surface area contributed by atoms with Gasteiger partial charge in [0.1, 0.15) is 17.4 Å². The monoisotopic (exact) mass is 480 g/mol. The summed E-state index contributed by atoms with van der Waals surface area (Å²) >= 11 is 3.55. The maximum absolute atomic E-state index is 5.71. The van der Waals surface area contributed by atoms with Crippen molar-refractivity contribution in [2.24, 2.45) is 5.73 Å². The molecule has 0 fully saturated rings. The highest BCUT2D eigenvalue weighted by Crippen LogP contribution is 2.32. The van der Waals surface area contributed by atoms with Crippen LogP contribution in [-0.2, 0) is 6.42 Å². The first-order valence-electron chi connectivity index (χ1n) is 10.5. The Balaban J connectivity index is 1.86. The molecule has 5 nitrogen and oxygen atoms in total. The maximum Gasteiger partial charge on any atom is 0.138 e. The van der Waals surface area contributed by atoms with Crippen molar-refractivity contribution in [2.45, 2.75) is 45.6 Å². The number of nitrogens with zero attached hydrogens (tertiary/aromatic N) is 2. The number of unbranched alkanes of at least 4 members (excludes halogenated alkanes) is 2. The largest absolute Gasteiger partial charge is 0.496 e. The Bertz CT molecular complexity index is 1100. The predicted molar refractivity (Wildman–Crippen MR) is 131 cm³/mol. The van der Waals surface area contributed by atoms with E-state index >= 15 is 0 Å². The Hall–Kier alpha value is -2.62. The standard InChI is InChI=1S/C25H29BrN4O/c1-17(19-11-9-12-21(26)14-19)28-25-22-16-24(31-3)20(10-7-5-4-6-8-13-27)15-23(22)29-18(2)30-25/h9,11-12,14-17H,4-5,7,10,13,27H2,1-3H3,(H,28,29,30)/t17-/m1/s1. The first-order chi connectivity index (χ1) is 15.0. The summed E-state index contributed by atoms with van der Waals surface area (Å²) in [5.41, 5.74) is 8.67. The molecule has 1 atom stereocenters. The van der Waals surface area contributed by atoms with Gasteiger partial charge in [-0.3, -0.25) is 0 Å². The molecule has 0 bridgehead atoms. The molecule has 31 heavy (non-hydrogen) atoms. The summed E-state index contributed by atoms with van der Waals surface area (Å²) in [4.78, 5) is 9.37. The molecule has 162 valence electrons. The second-order valence-electron chi connectivity index (χ2n) is 7.49. The van der Waals surface area contributed by atoms with Crippen molar-refractivity contribution in [3.05, 3.63) is 57.8 Å². The number of ether oxygens (including phenoxy) is 1. The van der Waals surface area contributed by atoms with Gasteiger partial charge in [0.15, 0.2) is 0 Å². The van der Waals surface area contributed by atoms with Crippen molar-refractivity contribution in [3.63, 3.8) is 0 Å². The molecule has 1 aromatic heterocycles. The van der Waals surface area contributed by atoms with Crippen LogP contribution in [0, 0.1) is 18.8 Å². The highest BCUT2D eigenvalue weighted by molar-refractivity contribution is 9.10. The van der Waals surface area contributed by atoms with Gasteiger partial charge in [-0.1, -0.05) is 34.0 Å². The molecular weight excluding hydrogens is 452 g/mol. The molecule has 6 heteroatoms. The van der Waals surface area contributed by atoms with Gasteiger partial charge >= 0.3 is 0 Å². The number of rotatable bonds is 8. The van der Waals surface area contributed by atoms with Crippen LogP contribution in [-0.4, -0.2) is 23.6 Å². The average Bonchev–Trinajstić information content (AvgIpc) is 2.75. The van der Waals surface area contributed by atoms with E-state index in [1.807, 2.05) is 25.1 Å². The number of methoxy groups -OCH3 is 1. The van der Waals surface area contributed by atoms with Crippen LogP contribution >= 0.6 is 15.9 Å². The van der Waals surface area contributed by atoms with E-state index in [0.29, 0.717) is 6.54 Å². The number of nitrogens with one attached hydrogen (secondary N) is 1. The number of aryl methyl sites for hydroxylation is 2. The SMILES string of the molecule is COc1cc2c(N[C@H](C)c3cccc(Br)c3)nc(C)nc2cc1CCCCC#CCN. The fourth-order valence-electron chi connectivity index (χ4n) is 3.56. The topological polar surface area (TPSA) is 73.1 Å². The van der Waals surface area contributed by atoms with E-state index in [9.17, 15) is 0 Å². The normalized spacial score (nSPS) is 11.6. The number of fused-ring (bicyclic) bond motifs is 1. The summed E-state index contributed by atoms with van der Waals surface area (Å²) in [6.07, 6.45) is 3.86. The van der Waals surface area contributed by atoms with Crippen LogP contribution in [0.2, 0.25) is 0 Å². The fraction of sp³-hybridized carbons (Fsp3) is 0.360. The Morgan fingerprint density at radius 3 is 2.74 bits per heavy atom. The molecule has 0 aliphatic carbocycles. The molecule has 0 radical (unpaired) electrons. The lowest BCUT2D eigenvalue weighted by atomic mass is 10.0. The third-order valence-electron chi connectivity index (χ3n) is 5.14. The van der Waals surface area contributed by atoms with E-state index in [1.165, 1.54) is 5.56 Å². The van der Waals surface area contributed by atoms with Gasteiger partial charge in [-0.15, -0.1) is 5.92 Å². The minimum absolute atomic E-state index is 0.0929. The fourth-order valence-corrected chi connectivity index (χ4v) is 3.98. The average molecular weight is 481 g/mol. The van der Waals surface area contributed by atoms with E-state index < -0.39 is 0 Å². The third-order valence-corrected chi connectivity index (χ3v) is 5.63. The molecular formula is C25H29BrN4O. The van der Waals surface area contributed by atoms with Gasteiger partial charge in [0.05, 0.1) is 25.2 Å². The zero-order valence-electron chi connectivity index (χ0n) is 18.3. The van der Waals surface area contributed by atoms with Crippen molar-refractivity contribution in [1.82, 2.24) is 9.97 Å². The number of aromatic nitrogens is 2.